The summed E-state index contributed by atoms with van der Waals surface area (Å²) in [7, 11) is 4.79. The molecule has 2 aromatic carbocycles. The number of nitrogens with two attached hydrogens (primary N) is 1. The molecule has 0 bridgehead atoms. The molecule has 238 valence electrons. The van der Waals surface area contributed by atoms with E-state index in [2.05, 4.69) is 20.2 Å². The SMILES string of the molecule is COc1ccc(F)cc1C(=O)NCc1ccc(-c2nn(-c3ccc(N4CCC(C(OC)OC)CC4)nc3)c3ncnc(N)c23)cc1. The molecule has 46 heavy (non-hydrogen) atoms. The second kappa shape index (κ2) is 13.5. The zero-order valence-corrected chi connectivity index (χ0v) is 25.8. The second-order valence-electron chi connectivity index (χ2n) is 11.0. The van der Waals surface area contributed by atoms with Crippen molar-refractivity contribution in [3.05, 3.63) is 84.1 Å². The highest BCUT2D eigenvalue weighted by atomic mass is 19.1. The van der Waals surface area contributed by atoms with Crippen molar-refractivity contribution in [2.24, 2.45) is 5.92 Å². The van der Waals surface area contributed by atoms with Crippen LogP contribution in [0.5, 0.6) is 5.75 Å². The Morgan fingerprint density at radius 3 is 2.46 bits per heavy atom. The number of aromatic nitrogens is 5. The van der Waals surface area contributed by atoms with Gasteiger partial charge in [-0.05, 0) is 48.7 Å². The number of fused-ring (bicyclic) bond motifs is 1. The van der Waals surface area contributed by atoms with Crippen molar-refractivity contribution in [1.29, 1.82) is 0 Å². The number of nitrogen functional groups attached to an aromatic ring is 1. The highest BCUT2D eigenvalue weighted by molar-refractivity contribution is 5.99. The number of nitrogens with zero attached hydrogens (tertiary/aromatic N) is 6. The van der Waals surface area contributed by atoms with Crippen molar-refractivity contribution in [3.63, 3.8) is 0 Å². The standard InChI is InChI=1S/C33H35FN8O4/c1-44-26-10-8-23(34)16-25(26)32(43)37-17-20-4-6-21(7-5-20)29-28-30(35)38-19-39-31(28)42(40-29)24-9-11-27(36-18-24)41-14-12-22(13-15-41)33(45-2)46-3/h4-11,16,18-19,22,33H,12-15,17H2,1-3H3,(H,37,43)(H2,35,38,39). The molecule has 3 aromatic heterocycles. The number of hydrogen-bond acceptors (Lipinski definition) is 10. The summed E-state index contributed by atoms with van der Waals surface area (Å²) in [6.45, 7) is 1.95. The highest BCUT2D eigenvalue weighted by Crippen LogP contribution is 2.32. The van der Waals surface area contributed by atoms with Crippen LogP contribution in [0, 0.1) is 11.7 Å². The van der Waals surface area contributed by atoms with E-state index in [0.717, 1.165) is 54.6 Å². The molecule has 5 aromatic rings. The van der Waals surface area contributed by atoms with Crippen LogP contribution in [0.2, 0.25) is 0 Å². The van der Waals surface area contributed by atoms with Crippen LogP contribution in [0.25, 0.3) is 28.0 Å². The van der Waals surface area contributed by atoms with Gasteiger partial charge in [0, 0.05) is 45.3 Å². The Hall–Kier alpha value is -5.14. The van der Waals surface area contributed by atoms with Crippen LogP contribution in [0.3, 0.4) is 0 Å². The van der Waals surface area contributed by atoms with Crippen LogP contribution in [0.4, 0.5) is 16.0 Å². The lowest BCUT2D eigenvalue weighted by Gasteiger charge is -2.35. The number of benzene rings is 2. The van der Waals surface area contributed by atoms with Gasteiger partial charge in [0.25, 0.3) is 5.91 Å². The summed E-state index contributed by atoms with van der Waals surface area (Å²) in [6.07, 6.45) is 4.90. The van der Waals surface area contributed by atoms with Crippen LogP contribution in [0.1, 0.15) is 28.8 Å². The van der Waals surface area contributed by atoms with E-state index in [4.69, 9.17) is 30.0 Å². The van der Waals surface area contributed by atoms with Gasteiger partial charge in [0.1, 0.15) is 35.2 Å². The fourth-order valence-electron chi connectivity index (χ4n) is 5.84. The van der Waals surface area contributed by atoms with Gasteiger partial charge in [-0.2, -0.15) is 5.10 Å². The van der Waals surface area contributed by atoms with Gasteiger partial charge in [0.2, 0.25) is 0 Å². The lowest BCUT2D eigenvalue weighted by Crippen LogP contribution is -2.39. The summed E-state index contributed by atoms with van der Waals surface area (Å²) in [5, 5.41) is 8.32. The topological polar surface area (TPSA) is 143 Å². The second-order valence-corrected chi connectivity index (χ2v) is 11.0. The third kappa shape index (κ3) is 6.19. The fraction of sp³-hybridized carbons (Fsp3) is 0.303. The Balaban J connectivity index is 1.19. The summed E-state index contributed by atoms with van der Waals surface area (Å²) < 4.78 is 31.6. The first-order chi connectivity index (χ1) is 22.4. The van der Waals surface area contributed by atoms with Crippen molar-refractivity contribution in [2.75, 3.05) is 45.1 Å². The Morgan fingerprint density at radius 1 is 1.02 bits per heavy atom. The molecule has 0 atom stereocenters. The predicted octanol–water partition coefficient (Wildman–Crippen LogP) is 4.37. The van der Waals surface area contributed by atoms with E-state index in [0.29, 0.717) is 34.2 Å². The minimum absolute atomic E-state index is 0.126. The van der Waals surface area contributed by atoms with Crippen molar-refractivity contribution < 1.29 is 23.4 Å². The first kappa shape index (κ1) is 30.9. The average molecular weight is 627 g/mol. The molecule has 0 spiro atoms. The zero-order chi connectivity index (χ0) is 32.2. The number of anilines is 2. The highest BCUT2D eigenvalue weighted by Gasteiger charge is 2.27. The molecule has 1 aliphatic heterocycles. The quantitative estimate of drug-likeness (QED) is 0.215. The number of halogens is 1. The maximum Gasteiger partial charge on any atom is 0.255 e. The van der Waals surface area contributed by atoms with E-state index in [-0.39, 0.29) is 18.4 Å². The predicted molar refractivity (Wildman–Crippen MR) is 171 cm³/mol. The molecule has 6 rings (SSSR count). The van der Waals surface area contributed by atoms with Crippen molar-refractivity contribution in [1.82, 2.24) is 30.0 Å². The molecule has 1 aliphatic rings. The third-order valence-corrected chi connectivity index (χ3v) is 8.27. The number of methoxy groups -OCH3 is 3. The zero-order valence-electron chi connectivity index (χ0n) is 25.8. The maximum atomic E-state index is 13.7. The molecule has 3 N–H and O–H groups in total. The Kier molecular flexibility index (Phi) is 9.04. The molecule has 4 heterocycles. The number of pyridine rings is 1. The van der Waals surface area contributed by atoms with Gasteiger partial charge in [-0.15, -0.1) is 0 Å². The number of amides is 1. The first-order valence-corrected chi connectivity index (χ1v) is 14.9. The molecule has 13 heteroatoms. The minimum Gasteiger partial charge on any atom is -0.496 e. The summed E-state index contributed by atoms with van der Waals surface area (Å²) in [5.74, 6) is 0.884. The number of piperidine rings is 1. The van der Waals surface area contributed by atoms with E-state index in [1.165, 1.54) is 25.6 Å². The Morgan fingerprint density at radius 2 is 1.78 bits per heavy atom. The van der Waals surface area contributed by atoms with Crippen molar-refractivity contribution in [2.45, 2.75) is 25.7 Å². The molecule has 0 radical (unpaired) electrons. The van der Waals surface area contributed by atoms with E-state index in [9.17, 15) is 9.18 Å². The lowest BCUT2D eigenvalue weighted by atomic mass is 9.96. The molecule has 0 unspecified atom stereocenters. The maximum absolute atomic E-state index is 13.7. The number of hydrogen-bond donors (Lipinski definition) is 2. The molecular formula is C33H35FN8O4. The number of rotatable bonds is 10. The fourth-order valence-corrected chi connectivity index (χ4v) is 5.84. The summed E-state index contributed by atoms with van der Waals surface area (Å²) in [4.78, 5) is 28.4. The first-order valence-electron chi connectivity index (χ1n) is 14.9. The third-order valence-electron chi connectivity index (χ3n) is 8.27. The van der Waals surface area contributed by atoms with E-state index < -0.39 is 11.7 Å². The minimum atomic E-state index is -0.517. The summed E-state index contributed by atoms with van der Waals surface area (Å²) >= 11 is 0. The van der Waals surface area contributed by atoms with Crippen LogP contribution in [0.15, 0.2) is 67.1 Å². The molecule has 0 aliphatic carbocycles. The molecule has 1 saturated heterocycles. The van der Waals surface area contributed by atoms with Gasteiger partial charge in [0.05, 0.1) is 29.9 Å². The van der Waals surface area contributed by atoms with Crippen LogP contribution < -0.4 is 20.7 Å². The van der Waals surface area contributed by atoms with Gasteiger partial charge >= 0.3 is 0 Å². The molecule has 1 amide bonds. The molecule has 12 nitrogen and oxygen atoms in total. The Bertz CT molecular complexity index is 1820. The monoisotopic (exact) mass is 626 g/mol. The van der Waals surface area contributed by atoms with Gasteiger partial charge in [-0.1, -0.05) is 24.3 Å². The van der Waals surface area contributed by atoms with Gasteiger partial charge in [0.15, 0.2) is 11.9 Å². The van der Waals surface area contributed by atoms with Gasteiger partial charge in [-0.3, -0.25) is 4.79 Å². The van der Waals surface area contributed by atoms with E-state index >= 15 is 0 Å². The summed E-state index contributed by atoms with van der Waals surface area (Å²) in [6, 6.07) is 15.3. The van der Waals surface area contributed by atoms with E-state index in [1.807, 2.05) is 36.4 Å². The van der Waals surface area contributed by atoms with Crippen LogP contribution in [-0.4, -0.2) is 71.3 Å². The number of carbonyl (C=O) groups excluding carboxylic acids is 1. The molecule has 0 saturated carbocycles. The number of carbonyl (C=O) groups is 1. The molecular weight excluding hydrogens is 591 g/mol. The largest absolute Gasteiger partial charge is 0.496 e. The van der Waals surface area contributed by atoms with Gasteiger partial charge in [-0.25, -0.2) is 24.0 Å². The smallest absolute Gasteiger partial charge is 0.255 e. The average Bonchev–Trinajstić information content (AvgIpc) is 3.49. The Labute approximate surface area is 265 Å². The number of ether oxygens (including phenoxy) is 3. The van der Waals surface area contributed by atoms with Gasteiger partial charge < -0.3 is 30.2 Å². The molecule has 1 fully saturated rings. The lowest BCUT2D eigenvalue weighted by molar-refractivity contribution is -0.141. The summed E-state index contributed by atoms with van der Waals surface area (Å²) in [5.41, 5.74) is 10.0. The van der Waals surface area contributed by atoms with Crippen LogP contribution in [-0.2, 0) is 16.0 Å². The normalized spacial score (nSPS) is 13.8. The van der Waals surface area contributed by atoms with Crippen molar-refractivity contribution >= 4 is 28.6 Å². The van der Waals surface area contributed by atoms with E-state index in [1.54, 1.807) is 25.1 Å². The van der Waals surface area contributed by atoms with Crippen molar-refractivity contribution in [3.8, 4) is 22.7 Å². The van der Waals surface area contributed by atoms with Crippen LogP contribution >= 0.6 is 0 Å². The number of nitrogens with one attached hydrogen (secondary N) is 1.